The number of anilines is 2. The van der Waals surface area contributed by atoms with E-state index in [1.165, 1.54) is 0 Å². The quantitative estimate of drug-likeness (QED) is 0.630. The number of aryl methyl sites for hydroxylation is 2. The molecule has 1 fully saturated rings. The maximum Gasteiger partial charge on any atom is 0.339 e. The second-order valence-corrected chi connectivity index (χ2v) is 7.35. The van der Waals surface area contributed by atoms with E-state index in [0.29, 0.717) is 55.7 Å². The topological polar surface area (TPSA) is 98.1 Å². The Morgan fingerprint density at radius 3 is 2.71 bits per heavy atom. The van der Waals surface area contributed by atoms with Crippen molar-refractivity contribution in [2.75, 3.05) is 38.2 Å². The van der Waals surface area contributed by atoms with Crippen LogP contribution in [-0.4, -0.2) is 64.3 Å². The van der Waals surface area contributed by atoms with Crippen molar-refractivity contribution in [3.8, 4) is 0 Å². The minimum Gasteiger partial charge on any atom is -0.462 e. The summed E-state index contributed by atoms with van der Waals surface area (Å²) in [6, 6.07) is 7.28. The Hall–Kier alpha value is -3.46. The largest absolute Gasteiger partial charge is 0.462 e. The number of rotatable bonds is 5. The van der Waals surface area contributed by atoms with Crippen LogP contribution in [0.3, 0.4) is 0 Å². The number of carbonyl (C=O) groups is 2. The number of hydrogen-bond acceptors (Lipinski definition) is 7. The van der Waals surface area contributed by atoms with Gasteiger partial charge < -0.3 is 19.7 Å². The Morgan fingerprint density at radius 2 is 1.97 bits per heavy atom. The summed E-state index contributed by atoms with van der Waals surface area (Å²) in [6.07, 6.45) is 1.59. The van der Waals surface area contributed by atoms with Gasteiger partial charge in [0.05, 0.1) is 37.1 Å². The van der Waals surface area contributed by atoms with Crippen LogP contribution in [0.4, 0.5) is 11.6 Å². The molecule has 1 amide bonds. The Labute approximate surface area is 180 Å². The fourth-order valence-corrected chi connectivity index (χ4v) is 3.65. The highest BCUT2D eigenvalue weighted by Gasteiger charge is 2.21. The third-order valence-electron chi connectivity index (χ3n) is 5.35. The van der Waals surface area contributed by atoms with Gasteiger partial charge in [0.25, 0.3) is 5.91 Å². The third kappa shape index (κ3) is 4.09. The van der Waals surface area contributed by atoms with Crippen molar-refractivity contribution in [3.63, 3.8) is 0 Å². The molecule has 1 N–H and O–H groups in total. The van der Waals surface area contributed by atoms with Gasteiger partial charge in [-0.1, -0.05) is 6.07 Å². The lowest BCUT2D eigenvalue weighted by atomic mass is 10.1. The monoisotopic (exact) mass is 423 g/mol. The molecule has 31 heavy (non-hydrogen) atoms. The lowest BCUT2D eigenvalue weighted by Crippen LogP contribution is -2.40. The summed E-state index contributed by atoms with van der Waals surface area (Å²) >= 11 is 0. The highest BCUT2D eigenvalue weighted by atomic mass is 16.5. The Morgan fingerprint density at radius 1 is 1.19 bits per heavy atom. The van der Waals surface area contributed by atoms with Gasteiger partial charge in [0.2, 0.25) is 5.95 Å². The number of amides is 1. The lowest BCUT2D eigenvalue weighted by Gasteiger charge is -2.27. The molecule has 1 aliphatic heterocycles. The van der Waals surface area contributed by atoms with Crippen LogP contribution in [-0.2, 0) is 9.47 Å². The predicted octanol–water partition coefficient (Wildman–Crippen LogP) is 2.74. The highest BCUT2D eigenvalue weighted by molar-refractivity contribution is 5.96. The van der Waals surface area contributed by atoms with E-state index in [1.54, 1.807) is 24.1 Å². The van der Waals surface area contributed by atoms with Crippen molar-refractivity contribution < 1.29 is 19.1 Å². The summed E-state index contributed by atoms with van der Waals surface area (Å²) in [5, 5.41) is 11.6. The molecule has 9 nitrogen and oxygen atoms in total. The van der Waals surface area contributed by atoms with E-state index in [-0.39, 0.29) is 11.9 Å². The van der Waals surface area contributed by atoms with Gasteiger partial charge in [-0.2, -0.15) is 5.10 Å². The van der Waals surface area contributed by atoms with Gasteiger partial charge in [-0.05, 0) is 44.5 Å². The molecular formula is C22H25N5O4. The first-order chi connectivity index (χ1) is 15.0. The Balaban J connectivity index is 1.67. The molecule has 0 bridgehead atoms. The number of fused-ring (bicyclic) bond motifs is 1. The molecule has 9 heteroatoms. The van der Waals surface area contributed by atoms with E-state index in [9.17, 15) is 9.59 Å². The van der Waals surface area contributed by atoms with E-state index in [0.717, 1.165) is 16.8 Å². The normalized spacial score (nSPS) is 14.0. The number of aromatic nitrogens is 3. The molecule has 4 rings (SSSR count). The molecule has 0 aliphatic carbocycles. The zero-order valence-electron chi connectivity index (χ0n) is 17.8. The standard InChI is InChI=1S/C22H25N5O4/c1-4-31-21(29)18-12-17-13-23-25-22(27(17)15(18)3)24-19-11-16(6-5-14(19)2)20(28)26-7-9-30-10-8-26/h5-6,11-13H,4,7-10H2,1-3H3,(H,24,25). The summed E-state index contributed by atoms with van der Waals surface area (Å²) in [6.45, 7) is 8.12. The second kappa shape index (κ2) is 8.73. The van der Waals surface area contributed by atoms with Gasteiger partial charge in [0, 0.05) is 30.0 Å². The van der Waals surface area contributed by atoms with Gasteiger partial charge in [-0.3, -0.25) is 9.20 Å². The van der Waals surface area contributed by atoms with Crippen molar-refractivity contribution in [2.45, 2.75) is 20.8 Å². The van der Waals surface area contributed by atoms with Crippen LogP contribution in [0.5, 0.6) is 0 Å². The zero-order chi connectivity index (χ0) is 22.0. The first-order valence-corrected chi connectivity index (χ1v) is 10.2. The van der Waals surface area contributed by atoms with Gasteiger partial charge >= 0.3 is 5.97 Å². The van der Waals surface area contributed by atoms with Crippen molar-refractivity contribution in [3.05, 3.63) is 52.8 Å². The van der Waals surface area contributed by atoms with E-state index < -0.39 is 0 Å². The van der Waals surface area contributed by atoms with Crippen molar-refractivity contribution in [2.24, 2.45) is 0 Å². The molecule has 3 heterocycles. The van der Waals surface area contributed by atoms with E-state index >= 15 is 0 Å². The Bertz CT molecular complexity index is 1130. The molecule has 1 aromatic carbocycles. The number of carbonyl (C=O) groups excluding carboxylic acids is 2. The molecule has 2 aromatic heterocycles. The Kier molecular flexibility index (Phi) is 5.85. The molecule has 1 saturated heterocycles. The fourth-order valence-electron chi connectivity index (χ4n) is 3.65. The predicted molar refractivity (Wildman–Crippen MR) is 115 cm³/mol. The molecule has 162 valence electrons. The van der Waals surface area contributed by atoms with E-state index in [2.05, 4.69) is 15.5 Å². The number of ether oxygens (including phenoxy) is 2. The van der Waals surface area contributed by atoms with Gasteiger partial charge in [-0.15, -0.1) is 5.10 Å². The average Bonchev–Trinajstić information content (AvgIpc) is 3.13. The van der Waals surface area contributed by atoms with Gasteiger partial charge in [0.1, 0.15) is 0 Å². The maximum atomic E-state index is 12.9. The van der Waals surface area contributed by atoms with Gasteiger partial charge in [0.15, 0.2) is 0 Å². The van der Waals surface area contributed by atoms with Crippen LogP contribution in [0.25, 0.3) is 5.52 Å². The van der Waals surface area contributed by atoms with Crippen molar-refractivity contribution in [1.29, 1.82) is 0 Å². The maximum absolute atomic E-state index is 12.9. The molecule has 0 radical (unpaired) electrons. The zero-order valence-corrected chi connectivity index (χ0v) is 17.8. The molecule has 0 unspecified atom stereocenters. The van der Waals surface area contributed by atoms with E-state index in [4.69, 9.17) is 9.47 Å². The average molecular weight is 423 g/mol. The highest BCUT2D eigenvalue weighted by Crippen LogP contribution is 2.25. The van der Waals surface area contributed by atoms with Crippen LogP contribution in [0, 0.1) is 13.8 Å². The number of nitrogens with zero attached hydrogens (tertiary/aromatic N) is 4. The van der Waals surface area contributed by atoms with E-state index in [1.807, 2.05) is 36.4 Å². The first-order valence-electron chi connectivity index (χ1n) is 10.2. The van der Waals surface area contributed by atoms with Crippen LogP contribution in [0.1, 0.15) is 38.9 Å². The molecule has 0 atom stereocenters. The second-order valence-electron chi connectivity index (χ2n) is 7.35. The van der Waals surface area contributed by atoms with Crippen LogP contribution in [0.2, 0.25) is 0 Å². The first kappa shape index (κ1) is 20.8. The molecular weight excluding hydrogens is 398 g/mol. The number of esters is 1. The molecule has 0 saturated carbocycles. The molecule has 3 aromatic rings. The molecule has 1 aliphatic rings. The minimum atomic E-state index is -0.385. The lowest BCUT2D eigenvalue weighted by molar-refractivity contribution is 0.0303. The van der Waals surface area contributed by atoms with Gasteiger partial charge in [-0.25, -0.2) is 4.79 Å². The smallest absolute Gasteiger partial charge is 0.339 e. The number of hydrogen-bond donors (Lipinski definition) is 1. The molecule has 0 spiro atoms. The van der Waals surface area contributed by atoms with Crippen molar-refractivity contribution >= 4 is 29.0 Å². The van der Waals surface area contributed by atoms with Crippen LogP contribution >= 0.6 is 0 Å². The number of nitrogens with one attached hydrogen (secondary N) is 1. The number of morpholine rings is 1. The van der Waals surface area contributed by atoms with Crippen LogP contribution < -0.4 is 5.32 Å². The SMILES string of the molecule is CCOC(=O)c1cc2cnnc(Nc3cc(C(=O)N4CCOCC4)ccc3C)n2c1C. The third-order valence-corrected chi connectivity index (χ3v) is 5.35. The van der Waals surface area contributed by atoms with Crippen LogP contribution in [0.15, 0.2) is 30.5 Å². The fraction of sp³-hybridized carbons (Fsp3) is 0.364. The summed E-state index contributed by atoms with van der Waals surface area (Å²) < 4.78 is 12.3. The summed E-state index contributed by atoms with van der Waals surface area (Å²) in [5.74, 6) is 0.0333. The summed E-state index contributed by atoms with van der Waals surface area (Å²) in [5.41, 5.74) is 4.17. The van der Waals surface area contributed by atoms with Crippen molar-refractivity contribution in [1.82, 2.24) is 19.5 Å². The number of benzene rings is 1. The summed E-state index contributed by atoms with van der Waals surface area (Å²) in [7, 11) is 0. The summed E-state index contributed by atoms with van der Waals surface area (Å²) in [4.78, 5) is 27.0. The minimum absolute atomic E-state index is 0.0302.